The molecule has 3 heterocycles. The number of amides is 1. The summed E-state index contributed by atoms with van der Waals surface area (Å²) in [6.07, 6.45) is 7.00. The molecule has 3 aromatic rings. The lowest BCUT2D eigenvalue weighted by Crippen LogP contribution is -2.49. The lowest BCUT2D eigenvalue weighted by atomic mass is 10.1. The molecule has 0 unspecified atom stereocenters. The van der Waals surface area contributed by atoms with Crippen LogP contribution in [0, 0.1) is 11.3 Å². The van der Waals surface area contributed by atoms with E-state index in [0.29, 0.717) is 43.1 Å². The van der Waals surface area contributed by atoms with Crippen LogP contribution in [-0.2, 0) is 0 Å². The van der Waals surface area contributed by atoms with E-state index in [1.54, 1.807) is 30.9 Å². The van der Waals surface area contributed by atoms with E-state index < -0.39 is 0 Å². The van der Waals surface area contributed by atoms with E-state index in [0.717, 1.165) is 5.69 Å². The number of carbonyl (C=O) groups excluding carboxylic acids is 1. The number of imidazole rings is 1. The summed E-state index contributed by atoms with van der Waals surface area (Å²) in [4.78, 5) is 25.0. The van der Waals surface area contributed by atoms with Crippen molar-refractivity contribution < 1.29 is 4.79 Å². The molecule has 1 aromatic carbocycles. The monoisotopic (exact) mass is 358 g/mol. The van der Waals surface area contributed by atoms with Crippen molar-refractivity contribution in [3.8, 4) is 11.8 Å². The van der Waals surface area contributed by atoms with Crippen molar-refractivity contribution in [1.82, 2.24) is 19.4 Å². The van der Waals surface area contributed by atoms with Crippen LogP contribution in [0.5, 0.6) is 0 Å². The predicted molar refractivity (Wildman–Crippen MR) is 101 cm³/mol. The molecule has 1 saturated heterocycles. The van der Waals surface area contributed by atoms with Crippen LogP contribution in [0.3, 0.4) is 0 Å². The minimum atomic E-state index is 0.0216. The molecule has 1 aliphatic heterocycles. The van der Waals surface area contributed by atoms with E-state index in [1.165, 1.54) is 0 Å². The number of carbonyl (C=O) groups is 1. The summed E-state index contributed by atoms with van der Waals surface area (Å²) in [5, 5.41) is 9.24. The van der Waals surface area contributed by atoms with Gasteiger partial charge in [-0.05, 0) is 36.4 Å². The van der Waals surface area contributed by atoms with E-state index in [2.05, 4.69) is 20.9 Å². The molecule has 1 amide bonds. The number of piperazine rings is 1. The van der Waals surface area contributed by atoms with Crippen LogP contribution < -0.4 is 4.90 Å². The van der Waals surface area contributed by atoms with Crippen molar-refractivity contribution in [2.45, 2.75) is 0 Å². The molecule has 1 fully saturated rings. The Bertz CT molecular complexity index is 966. The predicted octanol–water partition coefficient (Wildman–Crippen LogP) is 2.10. The Kier molecular flexibility index (Phi) is 4.54. The van der Waals surface area contributed by atoms with E-state index in [9.17, 15) is 10.1 Å². The van der Waals surface area contributed by atoms with Gasteiger partial charge in [0.05, 0.1) is 11.9 Å². The standard InChI is InChI=1S/C20H18N6O/c21-14-17-2-1-7-23-19(17)24-10-12-25(13-11-24)20(27)16-3-5-18(6-4-16)26-9-8-22-15-26/h1-9,15H,10-13H2. The molecule has 0 N–H and O–H groups in total. The summed E-state index contributed by atoms with van der Waals surface area (Å²) in [7, 11) is 0. The van der Waals surface area contributed by atoms with E-state index in [-0.39, 0.29) is 5.91 Å². The molecule has 134 valence electrons. The van der Waals surface area contributed by atoms with Gasteiger partial charge in [-0.15, -0.1) is 0 Å². The highest BCUT2D eigenvalue weighted by atomic mass is 16.2. The second-order valence-electron chi connectivity index (χ2n) is 6.28. The molecular formula is C20H18N6O. The summed E-state index contributed by atoms with van der Waals surface area (Å²) < 4.78 is 1.90. The lowest BCUT2D eigenvalue weighted by molar-refractivity contribution is 0.0746. The average molecular weight is 358 g/mol. The molecule has 0 spiro atoms. The van der Waals surface area contributed by atoms with Crippen molar-refractivity contribution in [3.63, 3.8) is 0 Å². The Balaban J connectivity index is 1.42. The molecular weight excluding hydrogens is 340 g/mol. The van der Waals surface area contributed by atoms with Crippen molar-refractivity contribution in [1.29, 1.82) is 5.26 Å². The molecule has 0 saturated carbocycles. The topological polar surface area (TPSA) is 78.0 Å². The molecule has 27 heavy (non-hydrogen) atoms. The molecule has 0 aliphatic carbocycles. The summed E-state index contributed by atoms with van der Waals surface area (Å²) in [6.45, 7) is 2.52. The Morgan fingerprint density at radius 3 is 2.48 bits per heavy atom. The Morgan fingerprint density at radius 1 is 1.04 bits per heavy atom. The minimum Gasteiger partial charge on any atom is -0.352 e. The van der Waals surface area contributed by atoms with Crippen molar-refractivity contribution >= 4 is 11.7 Å². The molecule has 1 aliphatic rings. The Labute approximate surface area is 157 Å². The zero-order chi connectivity index (χ0) is 18.6. The number of rotatable bonds is 3. The molecule has 2 aromatic heterocycles. The number of hydrogen-bond acceptors (Lipinski definition) is 5. The maximum Gasteiger partial charge on any atom is 0.253 e. The molecule has 7 nitrogen and oxygen atoms in total. The number of aromatic nitrogens is 3. The lowest BCUT2D eigenvalue weighted by Gasteiger charge is -2.35. The van der Waals surface area contributed by atoms with E-state index in [1.807, 2.05) is 39.9 Å². The largest absolute Gasteiger partial charge is 0.352 e. The zero-order valence-electron chi connectivity index (χ0n) is 14.7. The highest BCUT2D eigenvalue weighted by molar-refractivity contribution is 5.94. The van der Waals surface area contributed by atoms with Gasteiger partial charge in [0.1, 0.15) is 11.9 Å². The van der Waals surface area contributed by atoms with Gasteiger partial charge in [-0.2, -0.15) is 5.26 Å². The first kappa shape index (κ1) is 16.8. The zero-order valence-corrected chi connectivity index (χ0v) is 14.7. The summed E-state index contributed by atoms with van der Waals surface area (Å²) in [6, 6.07) is 13.2. The second kappa shape index (κ2) is 7.30. The van der Waals surface area contributed by atoms with Crippen molar-refractivity contribution in [2.24, 2.45) is 0 Å². The number of nitrogens with zero attached hydrogens (tertiary/aromatic N) is 6. The summed E-state index contributed by atoms with van der Waals surface area (Å²) >= 11 is 0. The number of nitriles is 1. The average Bonchev–Trinajstić information content (AvgIpc) is 3.28. The highest BCUT2D eigenvalue weighted by Gasteiger charge is 2.24. The summed E-state index contributed by atoms with van der Waals surface area (Å²) in [5.41, 5.74) is 2.20. The second-order valence-corrected chi connectivity index (χ2v) is 6.28. The number of hydrogen-bond donors (Lipinski definition) is 0. The third-order valence-electron chi connectivity index (χ3n) is 4.69. The van der Waals surface area contributed by atoms with Gasteiger partial charge in [-0.25, -0.2) is 9.97 Å². The van der Waals surface area contributed by atoms with Gasteiger partial charge < -0.3 is 14.4 Å². The SMILES string of the molecule is N#Cc1cccnc1N1CCN(C(=O)c2ccc(-n3ccnc3)cc2)CC1. The normalized spacial score (nSPS) is 14.0. The quantitative estimate of drug-likeness (QED) is 0.716. The van der Waals surface area contributed by atoms with Crippen LogP contribution in [0.1, 0.15) is 15.9 Å². The van der Waals surface area contributed by atoms with Crippen molar-refractivity contribution in [3.05, 3.63) is 72.4 Å². The minimum absolute atomic E-state index is 0.0216. The first-order valence-corrected chi connectivity index (χ1v) is 8.74. The van der Waals surface area contributed by atoms with Gasteiger partial charge in [0.2, 0.25) is 0 Å². The fourth-order valence-electron chi connectivity index (χ4n) is 3.23. The highest BCUT2D eigenvalue weighted by Crippen LogP contribution is 2.19. The third-order valence-corrected chi connectivity index (χ3v) is 4.69. The molecule has 0 atom stereocenters. The first-order valence-electron chi connectivity index (χ1n) is 8.74. The summed E-state index contributed by atoms with van der Waals surface area (Å²) in [5.74, 6) is 0.713. The number of anilines is 1. The maximum absolute atomic E-state index is 12.8. The molecule has 7 heteroatoms. The fraction of sp³-hybridized carbons (Fsp3) is 0.200. The van der Waals surface area contributed by atoms with Crippen LogP contribution in [0.2, 0.25) is 0 Å². The smallest absolute Gasteiger partial charge is 0.253 e. The first-order chi connectivity index (χ1) is 13.3. The van der Waals surface area contributed by atoms with Crippen LogP contribution >= 0.6 is 0 Å². The van der Waals surface area contributed by atoms with Crippen LogP contribution in [0.15, 0.2) is 61.3 Å². The van der Waals surface area contributed by atoms with Crippen LogP contribution in [0.25, 0.3) is 5.69 Å². The third kappa shape index (κ3) is 3.37. The number of pyridine rings is 1. The van der Waals surface area contributed by atoms with Crippen molar-refractivity contribution in [2.75, 3.05) is 31.1 Å². The van der Waals surface area contributed by atoms with E-state index in [4.69, 9.17) is 0 Å². The van der Waals surface area contributed by atoms with Crippen LogP contribution in [-0.4, -0.2) is 51.5 Å². The van der Waals surface area contributed by atoms with Gasteiger partial charge in [-0.1, -0.05) is 0 Å². The Hall–Kier alpha value is -3.66. The molecule has 0 radical (unpaired) electrons. The number of benzene rings is 1. The maximum atomic E-state index is 12.8. The van der Waals surface area contributed by atoms with Gasteiger partial charge in [-0.3, -0.25) is 4.79 Å². The van der Waals surface area contributed by atoms with Gasteiger partial charge in [0.15, 0.2) is 0 Å². The fourth-order valence-corrected chi connectivity index (χ4v) is 3.23. The molecule has 0 bridgehead atoms. The van der Waals surface area contributed by atoms with E-state index >= 15 is 0 Å². The van der Waals surface area contributed by atoms with Crippen LogP contribution in [0.4, 0.5) is 5.82 Å². The van der Waals surface area contributed by atoms with Gasteiger partial charge >= 0.3 is 0 Å². The van der Waals surface area contributed by atoms with Gasteiger partial charge in [0.25, 0.3) is 5.91 Å². The molecule has 4 rings (SSSR count). The van der Waals surface area contributed by atoms with Gasteiger partial charge in [0, 0.05) is 56.0 Å². The Morgan fingerprint density at radius 2 is 1.81 bits per heavy atom.